The van der Waals surface area contributed by atoms with E-state index in [4.69, 9.17) is 0 Å². The SMILES string of the molecule is CC(=O)Nc1ccc(C=CC(=O)NC(=O)c2ccccc2O)cc1. The number of anilines is 1. The molecule has 0 unspecified atom stereocenters. The van der Waals surface area contributed by atoms with Gasteiger partial charge in [0.05, 0.1) is 5.56 Å². The Labute approximate surface area is 138 Å². The molecule has 24 heavy (non-hydrogen) atoms. The number of imide groups is 1. The first-order valence-electron chi connectivity index (χ1n) is 7.15. The van der Waals surface area contributed by atoms with Gasteiger partial charge in [0.15, 0.2) is 0 Å². The molecule has 2 aromatic rings. The van der Waals surface area contributed by atoms with Gasteiger partial charge in [-0.3, -0.25) is 19.7 Å². The van der Waals surface area contributed by atoms with Crippen LogP contribution in [0.4, 0.5) is 5.69 Å². The lowest BCUT2D eigenvalue weighted by Crippen LogP contribution is -2.28. The Hall–Kier alpha value is -3.41. The van der Waals surface area contributed by atoms with E-state index in [2.05, 4.69) is 10.6 Å². The van der Waals surface area contributed by atoms with Gasteiger partial charge in [0, 0.05) is 18.7 Å². The van der Waals surface area contributed by atoms with Gasteiger partial charge in [-0.15, -0.1) is 0 Å². The number of rotatable bonds is 4. The molecule has 3 N–H and O–H groups in total. The van der Waals surface area contributed by atoms with Crippen LogP contribution in [0.25, 0.3) is 6.08 Å². The average Bonchev–Trinajstić information content (AvgIpc) is 2.54. The van der Waals surface area contributed by atoms with Crippen LogP contribution in [0.15, 0.2) is 54.6 Å². The van der Waals surface area contributed by atoms with Crippen LogP contribution < -0.4 is 10.6 Å². The van der Waals surface area contributed by atoms with Crippen molar-refractivity contribution >= 4 is 29.5 Å². The van der Waals surface area contributed by atoms with Gasteiger partial charge in [-0.1, -0.05) is 24.3 Å². The molecule has 0 saturated heterocycles. The summed E-state index contributed by atoms with van der Waals surface area (Å²) >= 11 is 0. The third kappa shape index (κ3) is 4.81. The lowest BCUT2D eigenvalue weighted by Gasteiger charge is -2.03. The number of hydrogen-bond acceptors (Lipinski definition) is 4. The summed E-state index contributed by atoms with van der Waals surface area (Å²) in [6.45, 7) is 1.42. The molecule has 0 radical (unpaired) electrons. The minimum Gasteiger partial charge on any atom is -0.507 e. The highest BCUT2D eigenvalue weighted by atomic mass is 16.3. The van der Waals surface area contributed by atoms with Crippen LogP contribution in [-0.2, 0) is 9.59 Å². The van der Waals surface area contributed by atoms with Gasteiger partial charge in [0.25, 0.3) is 11.8 Å². The number of para-hydroxylation sites is 1. The molecule has 6 nitrogen and oxygen atoms in total. The zero-order chi connectivity index (χ0) is 17.5. The molecule has 6 heteroatoms. The standard InChI is InChI=1S/C18H16N2O4/c1-12(21)19-14-9-6-13(7-10-14)8-11-17(23)20-18(24)15-4-2-3-5-16(15)22/h2-11,22H,1H3,(H,19,21)(H,20,23,24). The van der Waals surface area contributed by atoms with Crippen LogP contribution in [0.1, 0.15) is 22.8 Å². The largest absolute Gasteiger partial charge is 0.507 e. The molecular weight excluding hydrogens is 308 g/mol. The second-order valence-corrected chi connectivity index (χ2v) is 4.97. The van der Waals surface area contributed by atoms with E-state index in [0.29, 0.717) is 5.69 Å². The van der Waals surface area contributed by atoms with Crippen LogP contribution in [-0.4, -0.2) is 22.8 Å². The minimum atomic E-state index is -0.677. The van der Waals surface area contributed by atoms with Crippen molar-refractivity contribution in [1.29, 1.82) is 0 Å². The van der Waals surface area contributed by atoms with Crippen LogP contribution in [0.3, 0.4) is 0 Å². The van der Waals surface area contributed by atoms with Crippen molar-refractivity contribution in [3.63, 3.8) is 0 Å². The number of aromatic hydroxyl groups is 1. The maximum Gasteiger partial charge on any atom is 0.261 e. The van der Waals surface area contributed by atoms with Crippen LogP contribution >= 0.6 is 0 Å². The number of carbonyl (C=O) groups is 3. The highest BCUT2D eigenvalue weighted by molar-refractivity contribution is 6.10. The summed E-state index contributed by atoms with van der Waals surface area (Å²) in [4.78, 5) is 34.6. The van der Waals surface area contributed by atoms with Crippen molar-refractivity contribution in [3.8, 4) is 5.75 Å². The molecular formula is C18H16N2O4. The molecule has 0 fully saturated rings. The Balaban J connectivity index is 1.96. The predicted octanol–water partition coefficient (Wildman–Crippen LogP) is 2.32. The number of hydrogen-bond donors (Lipinski definition) is 3. The van der Waals surface area contributed by atoms with E-state index in [1.807, 2.05) is 0 Å². The van der Waals surface area contributed by atoms with E-state index in [1.54, 1.807) is 36.4 Å². The van der Waals surface area contributed by atoms with Gasteiger partial charge in [-0.25, -0.2) is 0 Å². The quantitative estimate of drug-likeness (QED) is 0.752. The van der Waals surface area contributed by atoms with Gasteiger partial charge < -0.3 is 10.4 Å². The van der Waals surface area contributed by atoms with Crippen LogP contribution in [0.2, 0.25) is 0 Å². The predicted molar refractivity (Wildman–Crippen MR) is 90.4 cm³/mol. The summed E-state index contributed by atoms with van der Waals surface area (Å²) in [6, 6.07) is 12.8. The van der Waals surface area contributed by atoms with Gasteiger partial charge >= 0.3 is 0 Å². The summed E-state index contributed by atoms with van der Waals surface area (Å²) in [6.07, 6.45) is 2.75. The van der Waals surface area contributed by atoms with E-state index >= 15 is 0 Å². The fraction of sp³-hybridized carbons (Fsp3) is 0.0556. The molecule has 0 aliphatic heterocycles. The third-order valence-corrected chi connectivity index (χ3v) is 3.04. The summed E-state index contributed by atoms with van der Waals surface area (Å²) in [5.41, 5.74) is 1.41. The highest BCUT2D eigenvalue weighted by Crippen LogP contribution is 2.15. The monoisotopic (exact) mass is 324 g/mol. The number of phenols is 1. The summed E-state index contributed by atoms with van der Waals surface area (Å²) < 4.78 is 0. The number of carbonyl (C=O) groups excluding carboxylic acids is 3. The van der Waals surface area contributed by atoms with Crippen molar-refractivity contribution in [2.45, 2.75) is 6.92 Å². The summed E-state index contributed by atoms with van der Waals surface area (Å²) in [5, 5.41) is 14.4. The topological polar surface area (TPSA) is 95.5 Å². The van der Waals surface area contributed by atoms with Gasteiger partial charge in [0.2, 0.25) is 5.91 Å². The molecule has 0 spiro atoms. The van der Waals surface area contributed by atoms with Gasteiger partial charge in [-0.2, -0.15) is 0 Å². The van der Waals surface area contributed by atoms with Gasteiger partial charge in [-0.05, 0) is 35.9 Å². The summed E-state index contributed by atoms with van der Waals surface area (Å²) in [7, 11) is 0. The van der Waals surface area contributed by atoms with Crippen molar-refractivity contribution in [1.82, 2.24) is 5.32 Å². The smallest absolute Gasteiger partial charge is 0.261 e. The Morgan fingerprint density at radius 2 is 1.67 bits per heavy atom. The first kappa shape index (κ1) is 17.0. The molecule has 2 aromatic carbocycles. The average molecular weight is 324 g/mol. The number of benzene rings is 2. The molecule has 0 heterocycles. The molecule has 0 saturated carbocycles. The van der Waals surface area contributed by atoms with E-state index in [-0.39, 0.29) is 17.2 Å². The Morgan fingerprint density at radius 3 is 2.29 bits per heavy atom. The Morgan fingerprint density at radius 1 is 1.00 bits per heavy atom. The third-order valence-electron chi connectivity index (χ3n) is 3.04. The Bertz CT molecular complexity index is 795. The molecule has 3 amide bonds. The normalized spacial score (nSPS) is 10.4. The molecule has 0 aliphatic rings. The first-order chi connectivity index (χ1) is 11.5. The Kier molecular flexibility index (Phi) is 5.46. The molecule has 0 aromatic heterocycles. The molecule has 2 rings (SSSR count). The van der Waals surface area contributed by atoms with Crippen molar-refractivity contribution in [2.75, 3.05) is 5.32 Å². The van der Waals surface area contributed by atoms with E-state index in [1.165, 1.54) is 31.2 Å². The maximum atomic E-state index is 11.9. The van der Waals surface area contributed by atoms with Gasteiger partial charge in [0.1, 0.15) is 5.75 Å². The van der Waals surface area contributed by atoms with E-state index in [9.17, 15) is 19.5 Å². The molecule has 0 aliphatic carbocycles. The second-order valence-electron chi connectivity index (χ2n) is 4.97. The molecule has 0 bridgehead atoms. The van der Waals surface area contributed by atoms with Crippen LogP contribution in [0.5, 0.6) is 5.75 Å². The zero-order valence-electron chi connectivity index (χ0n) is 12.9. The highest BCUT2D eigenvalue weighted by Gasteiger charge is 2.11. The summed E-state index contributed by atoms with van der Waals surface area (Å²) in [5.74, 6) is -1.64. The lowest BCUT2D eigenvalue weighted by molar-refractivity contribution is -0.116. The molecule has 122 valence electrons. The fourth-order valence-electron chi connectivity index (χ4n) is 1.94. The minimum absolute atomic E-state index is 0.0268. The van der Waals surface area contributed by atoms with E-state index < -0.39 is 11.8 Å². The number of nitrogens with one attached hydrogen (secondary N) is 2. The lowest BCUT2D eigenvalue weighted by atomic mass is 10.2. The zero-order valence-corrected chi connectivity index (χ0v) is 12.9. The van der Waals surface area contributed by atoms with Crippen molar-refractivity contribution < 1.29 is 19.5 Å². The first-order valence-corrected chi connectivity index (χ1v) is 7.15. The second kappa shape index (κ2) is 7.73. The number of phenolic OH excluding ortho intramolecular Hbond substituents is 1. The maximum absolute atomic E-state index is 11.9. The van der Waals surface area contributed by atoms with E-state index in [0.717, 1.165) is 5.56 Å². The van der Waals surface area contributed by atoms with Crippen molar-refractivity contribution in [2.24, 2.45) is 0 Å². The van der Waals surface area contributed by atoms with Crippen molar-refractivity contribution in [3.05, 3.63) is 65.7 Å². The number of amides is 3. The van der Waals surface area contributed by atoms with Crippen LogP contribution in [0, 0.1) is 0 Å². The fourth-order valence-corrected chi connectivity index (χ4v) is 1.94. The molecule has 0 atom stereocenters.